The molecule has 0 saturated heterocycles. The summed E-state index contributed by atoms with van der Waals surface area (Å²) in [7, 11) is 0. The van der Waals surface area contributed by atoms with Crippen molar-refractivity contribution in [3.63, 3.8) is 0 Å². The molecule has 0 aliphatic carbocycles. The maximum atomic E-state index is 11.3. The number of hydrogen-bond acceptors (Lipinski definition) is 4. The Bertz CT molecular complexity index is 4840. The summed E-state index contributed by atoms with van der Waals surface area (Å²) in [6.45, 7) is 0. The van der Waals surface area contributed by atoms with Gasteiger partial charge in [-0.15, -0.1) is 0 Å². The summed E-state index contributed by atoms with van der Waals surface area (Å²) < 4.78 is 16.7. The van der Waals surface area contributed by atoms with Crippen LogP contribution in [0, 0.1) is 22.7 Å². The number of nitrogens with zero attached hydrogens (tertiary/aromatic N) is 4. The highest BCUT2D eigenvalue weighted by molar-refractivity contribution is 6.24. The van der Waals surface area contributed by atoms with E-state index in [9.17, 15) is 10.5 Å². The second kappa shape index (κ2) is 14.3. The Hall–Kier alpha value is -9.88. The van der Waals surface area contributed by atoms with Gasteiger partial charge >= 0.3 is 0 Å². The Morgan fingerprint density at radius 3 is 1.20 bits per heavy atom. The number of rotatable bonds is 4. The number of furan rings is 2. The van der Waals surface area contributed by atoms with Crippen molar-refractivity contribution in [3.05, 3.63) is 217 Å². The summed E-state index contributed by atoms with van der Waals surface area (Å²) in [6.07, 6.45) is 0. The zero-order valence-corrected chi connectivity index (χ0v) is 37.2. The highest BCUT2D eigenvalue weighted by Crippen LogP contribution is 2.44. The van der Waals surface area contributed by atoms with Crippen molar-refractivity contribution in [1.29, 1.82) is 10.5 Å². The Morgan fingerprint density at radius 2 is 0.700 bits per heavy atom. The van der Waals surface area contributed by atoms with Gasteiger partial charge in [0.15, 0.2) is 0 Å². The van der Waals surface area contributed by atoms with Crippen molar-refractivity contribution in [2.45, 2.75) is 0 Å². The SMILES string of the molecule is N#Cc1cc(-n2c3ccc(-c4ccc5oc6ccccc6c5c4)cc3c3c4ccccc4ccc32)cc(C#N)c1-n1c2ccc(-c3ccc4oc5ccccc5c4c3)cc2c2c3ccccc3ccc21. The van der Waals surface area contributed by atoms with Crippen molar-refractivity contribution in [3.8, 4) is 45.8 Å². The van der Waals surface area contributed by atoms with E-state index in [1.807, 2.05) is 48.5 Å². The van der Waals surface area contributed by atoms with Gasteiger partial charge in [-0.3, -0.25) is 0 Å². The van der Waals surface area contributed by atoms with E-state index in [-0.39, 0.29) is 0 Å². The van der Waals surface area contributed by atoms with Gasteiger partial charge in [0.25, 0.3) is 0 Å². The number of hydrogen-bond donors (Lipinski definition) is 0. The van der Waals surface area contributed by atoms with Crippen molar-refractivity contribution in [2.24, 2.45) is 0 Å². The van der Waals surface area contributed by atoms with Crippen LogP contribution in [-0.2, 0) is 0 Å². The first-order valence-corrected chi connectivity index (χ1v) is 23.3. The molecule has 0 unspecified atom stereocenters. The highest BCUT2D eigenvalue weighted by Gasteiger charge is 2.24. The van der Waals surface area contributed by atoms with Gasteiger partial charge in [0, 0.05) is 48.8 Å². The Balaban J connectivity index is 0.951. The number of fused-ring (bicyclic) bond motifs is 16. The molecule has 0 saturated carbocycles. The fourth-order valence-corrected chi connectivity index (χ4v) is 11.4. The molecule has 11 aromatic carbocycles. The van der Waals surface area contributed by atoms with Crippen LogP contribution in [0.15, 0.2) is 215 Å². The van der Waals surface area contributed by atoms with Gasteiger partial charge in [-0.05, 0) is 129 Å². The summed E-state index contributed by atoms with van der Waals surface area (Å²) in [5, 5.41) is 35.6. The number of nitriles is 2. The monoisotopic (exact) mass is 890 g/mol. The van der Waals surface area contributed by atoms with E-state index in [1.165, 1.54) is 0 Å². The first-order chi connectivity index (χ1) is 34.6. The molecule has 0 radical (unpaired) electrons. The molecule has 15 aromatic rings. The van der Waals surface area contributed by atoms with Gasteiger partial charge in [-0.2, -0.15) is 10.5 Å². The van der Waals surface area contributed by atoms with Gasteiger partial charge in [0.2, 0.25) is 0 Å². The van der Waals surface area contributed by atoms with Crippen LogP contribution in [0.2, 0.25) is 0 Å². The van der Waals surface area contributed by atoms with E-state index in [0.717, 1.165) is 137 Å². The van der Waals surface area contributed by atoms with Gasteiger partial charge < -0.3 is 18.0 Å². The first-order valence-electron chi connectivity index (χ1n) is 23.3. The average molecular weight is 891 g/mol. The minimum atomic E-state index is 0.399. The lowest BCUT2D eigenvalue weighted by Crippen LogP contribution is -2.04. The van der Waals surface area contributed by atoms with Crippen molar-refractivity contribution in [1.82, 2.24) is 9.13 Å². The second-order valence-electron chi connectivity index (χ2n) is 18.2. The van der Waals surface area contributed by atoms with Crippen LogP contribution in [0.5, 0.6) is 0 Å². The van der Waals surface area contributed by atoms with E-state index in [0.29, 0.717) is 16.8 Å². The molecule has 6 heteroatoms. The quantitative estimate of drug-likeness (QED) is 0.176. The summed E-state index contributed by atoms with van der Waals surface area (Å²) in [5.74, 6) is 0. The standard InChI is InChI=1S/C64H34N4O2/c65-35-43-29-45(67-54-23-19-39(33-52(54)62-46-11-3-1-9-37(46)17-25-56(62)67)41-21-27-60-50(31-41)48-13-5-7-15-58(48)69-60)30-44(36-66)64(43)68-55-24-20-40(34-53(55)63-47-12-4-2-10-38(47)18-26-57(63)68)42-22-28-61-51(32-42)49-14-6-8-16-59(49)70-61/h1-34H. The van der Waals surface area contributed by atoms with Crippen LogP contribution < -0.4 is 0 Å². The van der Waals surface area contributed by atoms with Crippen molar-refractivity contribution < 1.29 is 8.83 Å². The van der Waals surface area contributed by atoms with Gasteiger partial charge in [-0.1, -0.05) is 121 Å². The van der Waals surface area contributed by atoms with Crippen LogP contribution in [0.4, 0.5) is 0 Å². The van der Waals surface area contributed by atoms with Crippen LogP contribution in [-0.4, -0.2) is 9.13 Å². The maximum Gasteiger partial charge on any atom is 0.135 e. The molecule has 70 heavy (non-hydrogen) atoms. The molecule has 0 aliphatic rings. The summed E-state index contributed by atoms with van der Waals surface area (Å²) >= 11 is 0. The fourth-order valence-electron chi connectivity index (χ4n) is 11.4. The predicted octanol–water partition coefficient (Wildman–Crippen LogP) is 17.1. The normalized spacial score (nSPS) is 12.0. The van der Waals surface area contributed by atoms with Crippen LogP contribution in [0.1, 0.15) is 11.1 Å². The van der Waals surface area contributed by atoms with Gasteiger partial charge in [0.05, 0.1) is 38.9 Å². The van der Waals surface area contributed by atoms with Gasteiger partial charge in [0.1, 0.15) is 34.5 Å². The van der Waals surface area contributed by atoms with Crippen molar-refractivity contribution in [2.75, 3.05) is 0 Å². The average Bonchev–Trinajstić information content (AvgIpc) is 4.17. The van der Waals surface area contributed by atoms with E-state index in [4.69, 9.17) is 8.83 Å². The van der Waals surface area contributed by atoms with Crippen molar-refractivity contribution >= 4 is 109 Å². The second-order valence-corrected chi connectivity index (χ2v) is 18.2. The molecule has 0 amide bonds. The molecule has 0 N–H and O–H groups in total. The van der Waals surface area contributed by atoms with E-state index in [1.54, 1.807) is 0 Å². The lowest BCUT2D eigenvalue weighted by Gasteiger charge is -2.16. The number of para-hydroxylation sites is 2. The minimum Gasteiger partial charge on any atom is -0.456 e. The number of benzene rings is 11. The Labute approximate surface area is 398 Å². The molecular formula is C64H34N4O2. The molecule has 6 nitrogen and oxygen atoms in total. The predicted molar refractivity (Wildman–Crippen MR) is 285 cm³/mol. The summed E-state index contributed by atoms with van der Waals surface area (Å²) in [6, 6.07) is 76.7. The smallest absolute Gasteiger partial charge is 0.135 e. The van der Waals surface area contributed by atoms with Crippen LogP contribution >= 0.6 is 0 Å². The molecule has 0 fully saturated rings. The third-order valence-electron chi connectivity index (χ3n) is 14.5. The molecule has 0 spiro atoms. The first kappa shape index (κ1) is 38.2. The zero-order chi connectivity index (χ0) is 46.2. The summed E-state index contributed by atoms with van der Waals surface area (Å²) in [5.41, 5.74) is 13.6. The van der Waals surface area contributed by atoms with Crippen LogP contribution in [0.25, 0.3) is 143 Å². The molecular weight excluding hydrogens is 857 g/mol. The molecule has 0 aliphatic heterocycles. The maximum absolute atomic E-state index is 11.3. The Kier molecular flexibility index (Phi) is 7.82. The lowest BCUT2D eigenvalue weighted by atomic mass is 9.99. The molecule has 0 bridgehead atoms. The largest absolute Gasteiger partial charge is 0.456 e. The Morgan fingerprint density at radius 1 is 0.314 bits per heavy atom. The fraction of sp³-hybridized carbons (Fsp3) is 0. The van der Waals surface area contributed by atoms with Gasteiger partial charge in [-0.25, -0.2) is 0 Å². The molecule has 322 valence electrons. The van der Waals surface area contributed by atoms with E-state index in [2.05, 4.69) is 179 Å². The number of aromatic nitrogens is 2. The van der Waals surface area contributed by atoms with Crippen LogP contribution in [0.3, 0.4) is 0 Å². The molecule has 4 aromatic heterocycles. The topological polar surface area (TPSA) is 83.7 Å². The summed E-state index contributed by atoms with van der Waals surface area (Å²) in [4.78, 5) is 0. The lowest BCUT2D eigenvalue weighted by molar-refractivity contribution is 0.668. The third kappa shape index (κ3) is 5.36. The molecule has 0 atom stereocenters. The molecule has 4 heterocycles. The highest BCUT2D eigenvalue weighted by atomic mass is 16.3. The van der Waals surface area contributed by atoms with E-state index < -0.39 is 0 Å². The molecule has 15 rings (SSSR count). The zero-order valence-electron chi connectivity index (χ0n) is 37.2. The minimum absolute atomic E-state index is 0.399. The third-order valence-corrected chi connectivity index (χ3v) is 14.5. The van der Waals surface area contributed by atoms with E-state index >= 15 is 0 Å².